The fourth-order valence-electron chi connectivity index (χ4n) is 3.77. The fraction of sp³-hybridized carbons (Fsp3) is 0.875. The van der Waals surface area contributed by atoms with Gasteiger partial charge in [0.05, 0.1) is 11.6 Å². The van der Waals surface area contributed by atoms with Crippen LogP contribution in [-0.4, -0.2) is 25.8 Å². The Morgan fingerprint density at radius 3 is 2.56 bits per heavy atom. The fourth-order valence-corrected chi connectivity index (χ4v) is 3.77. The van der Waals surface area contributed by atoms with E-state index in [2.05, 4.69) is 25.4 Å². The van der Waals surface area contributed by atoms with Gasteiger partial charge >= 0.3 is 0 Å². The maximum atomic E-state index is 6.03. The predicted octanol–water partition coefficient (Wildman–Crippen LogP) is 3.67. The van der Waals surface area contributed by atoms with Crippen molar-refractivity contribution < 1.29 is 4.74 Å². The number of ether oxygens (including phenoxy) is 1. The van der Waals surface area contributed by atoms with Crippen LogP contribution in [0.15, 0.2) is 11.6 Å². The van der Waals surface area contributed by atoms with Crippen LogP contribution in [0.2, 0.25) is 0 Å². The molecule has 0 bridgehead atoms. The third kappa shape index (κ3) is 2.80. The lowest BCUT2D eigenvalue weighted by molar-refractivity contribution is -0.0656. The summed E-state index contributed by atoms with van der Waals surface area (Å²) in [4.78, 5) is 0. The SMILES string of the molecule is CNC(C1=CCCCC1)C1(OC)CCC(C)CC1. The van der Waals surface area contributed by atoms with Crippen molar-refractivity contribution in [1.29, 1.82) is 0 Å². The zero-order valence-electron chi connectivity index (χ0n) is 12.3. The summed E-state index contributed by atoms with van der Waals surface area (Å²) in [6.07, 6.45) is 12.7. The summed E-state index contributed by atoms with van der Waals surface area (Å²) in [7, 11) is 4.00. The van der Waals surface area contributed by atoms with Crippen molar-refractivity contribution in [3.63, 3.8) is 0 Å². The van der Waals surface area contributed by atoms with Gasteiger partial charge in [0.25, 0.3) is 0 Å². The lowest BCUT2D eigenvalue weighted by atomic mass is 9.72. The summed E-state index contributed by atoms with van der Waals surface area (Å²) >= 11 is 0. The zero-order chi connectivity index (χ0) is 13.0. The molecule has 104 valence electrons. The number of likely N-dealkylation sites (N-methyl/N-ethyl adjacent to an activating group) is 1. The number of allylic oxidation sites excluding steroid dienone is 1. The van der Waals surface area contributed by atoms with Crippen LogP contribution in [0.5, 0.6) is 0 Å². The van der Waals surface area contributed by atoms with Crippen molar-refractivity contribution in [3.05, 3.63) is 11.6 Å². The van der Waals surface area contributed by atoms with Crippen LogP contribution in [0, 0.1) is 5.92 Å². The summed E-state index contributed by atoms with van der Waals surface area (Å²) < 4.78 is 6.03. The maximum absolute atomic E-state index is 6.03. The van der Waals surface area contributed by atoms with Gasteiger partial charge in [0.2, 0.25) is 0 Å². The van der Waals surface area contributed by atoms with Crippen LogP contribution in [-0.2, 0) is 4.74 Å². The van der Waals surface area contributed by atoms with Crippen molar-refractivity contribution in [2.24, 2.45) is 5.92 Å². The normalized spacial score (nSPS) is 35.1. The minimum atomic E-state index is 0.0461. The Bertz CT molecular complexity index is 289. The van der Waals surface area contributed by atoms with Crippen LogP contribution < -0.4 is 5.32 Å². The van der Waals surface area contributed by atoms with Crippen LogP contribution in [0.4, 0.5) is 0 Å². The van der Waals surface area contributed by atoms with Gasteiger partial charge in [-0.3, -0.25) is 0 Å². The van der Waals surface area contributed by atoms with E-state index in [0.29, 0.717) is 6.04 Å². The zero-order valence-corrected chi connectivity index (χ0v) is 12.3. The van der Waals surface area contributed by atoms with Gasteiger partial charge in [-0.25, -0.2) is 0 Å². The summed E-state index contributed by atoms with van der Waals surface area (Å²) in [6.45, 7) is 2.37. The second-order valence-electron chi connectivity index (χ2n) is 6.20. The van der Waals surface area contributed by atoms with E-state index >= 15 is 0 Å². The molecule has 0 spiro atoms. The topological polar surface area (TPSA) is 21.3 Å². The summed E-state index contributed by atoms with van der Waals surface area (Å²) in [6, 6.07) is 0.426. The van der Waals surface area contributed by atoms with Crippen molar-refractivity contribution in [3.8, 4) is 0 Å². The molecular weight excluding hydrogens is 222 g/mol. The molecule has 2 aliphatic carbocycles. The molecule has 0 radical (unpaired) electrons. The van der Waals surface area contributed by atoms with E-state index in [9.17, 15) is 0 Å². The van der Waals surface area contributed by atoms with E-state index in [1.807, 2.05) is 7.11 Å². The Labute approximate surface area is 112 Å². The third-order valence-corrected chi connectivity index (χ3v) is 5.04. The summed E-state index contributed by atoms with van der Waals surface area (Å²) in [5.41, 5.74) is 1.64. The molecule has 2 rings (SSSR count). The molecule has 0 aromatic heterocycles. The summed E-state index contributed by atoms with van der Waals surface area (Å²) in [5, 5.41) is 3.55. The number of hydrogen-bond acceptors (Lipinski definition) is 2. The summed E-state index contributed by atoms with van der Waals surface area (Å²) in [5.74, 6) is 0.867. The first-order valence-electron chi connectivity index (χ1n) is 7.63. The average molecular weight is 251 g/mol. The Balaban J connectivity index is 2.15. The molecule has 1 atom stereocenters. The second kappa shape index (κ2) is 6.21. The van der Waals surface area contributed by atoms with Crippen LogP contribution in [0.25, 0.3) is 0 Å². The molecule has 18 heavy (non-hydrogen) atoms. The molecular formula is C16H29NO. The average Bonchev–Trinajstić information content (AvgIpc) is 2.43. The first-order chi connectivity index (χ1) is 8.72. The minimum Gasteiger partial charge on any atom is -0.376 e. The van der Waals surface area contributed by atoms with Crippen LogP contribution in [0.1, 0.15) is 58.3 Å². The van der Waals surface area contributed by atoms with E-state index in [1.54, 1.807) is 5.57 Å². The lowest BCUT2D eigenvalue weighted by Crippen LogP contribution is -2.54. The van der Waals surface area contributed by atoms with Crippen molar-refractivity contribution in [2.45, 2.75) is 69.9 Å². The Morgan fingerprint density at radius 1 is 1.33 bits per heavy atom. The Hall–Kier alpha value is -0.340. The van der Waals surface area contributed by atoms with Gasteiger partial charge in [-0.2, -0.15) is 0 Å². The van der Waals surface area contributed by atoms with Gasteiger partial charge in [-0.05, 0) is 64.3 Å². The highest BCUT2D eigenvalue weighted by molar-refractivity contribution is 5.20. The molecule has 0 heterocycles. The van der Waals surface area contributed by atoms with Gasteiger partial charge in [0.1, 0.15) is 0 Å². The van der Waals surface area contributed by atoms with E-state index < -0.39 is 0 Å². The van der Waals surface area contributed by atoms with Crippen LogP contribution in [0.3, 0.4) is 0 Å². The molecule has 0 aliphatic heterocycles. The molecule has 2 aliphatic rings. The largest absolute Gasteiger partial charge is 0.376 e. The molecule has 0 aromatic rings. The standard InChI is InChI=1S/C16H29NO/c1-13-9-11-16(18-3,12-10-13)15(17-2)14-7-5-4-6-8-14/h7,13,15,17H,4-6,8-12H2,1-3H3. The molecule has 0 aromatic carbocycles. The van der Waals surface area contributed by atoms with Crippen LogP contribution >= 0.6 is 0 Å². The molecule has 0 amide bonds. The van der Waals surface area contributed by atoms with Gasteiger partial charge < -0.3 is 10.1 Å². The minimum absolute atomic E-state index is 0.0461. The van der Waals surface area contributed by atoms with Crippen molar-refractivity contribution >= 4 is 0 Å². The number of hydrogen-bond donors (Lipinski definition) is 1. The quantitative estimate of drug-likeness (QED) is 0.770. The molecule has 1 fully saturated rings. The lowest BCUT2D eigenvalue weighted by Gasteiger charge is -2.45. The molecule has 2 heteroatoms. The highest BCUT2D eigenvalue weighted by Gasteiger charge is 2.42. The van der Waals surface area contributed by atoms with E-state index in [-0.39, 0.29) is 5.60 Å². The number of nitrogens with one attached hydrogen (secondary N) is 1. The first-order valence-corrected chi connectivity index (χ1v) is 7.63. The second-order valence-corrected chi connectivity index (χ2v) is 6.20. The highest BCUT2D eigenvalue weighted by Crippen LogP contribution is 2.40. The smallest absolute Gasteiger partial charge is 0.0869 e. The maximum Gasteiger partial charge on any atom is 0.0869 e. The van der Waals surface area contributed by atoms with Gasteiger partial charge in [-0.1, -0.05) is 18.6 Å². The van der Waals surface area contributed by atoms with E-state index in [1.165, 1.54) is 51.4 Å². The molecule has 1 N–H and O–H groups in total. The van der Waals surface area contributed by atoms with Crippen molar-refractivity contribution in [2.75, 3.05) is 14.2 Å². The highest BCUT2D eigenvalue weighted by atomic mass is 16.5. The molecule has 1 unspecified atom stereocenters. The third-order valence-electron chi connectivity index (χ3n) is 5.04. The Kier molecular flexibility index (Phi) is 4.85. The van der Waals surface area contributed by atoms with E-state index in [4.69, 9.17) is 4.74 Å². The number of methoxy groups -OCH3 is 1. The first kappa shape index (κ1) is 14.1. The van der Waals surface area contributed by atoms with Gasteiger partial charge in [0.15, 0.2) is 0 Å². The predicted molar refractivity (Wildman–Crippen MR) is 76.8 cm³/mol. The van der Waals surface area contributed by atoms with Crippen molar-refractivity contribution in [1.82, 2.24) is 5.32 Å². The Morgan fingerprint density at radius 2 is 2.06 bits per heavy atom. The van der Waals surface area contributed by atoms with E-state index in [0.717, 1.165) is 5.92 Å². The molecule has 0 saturated heterocycles. The molecule has 2 nitrogen and oxygen atoms in total. The monoisotopic (exact) mass is 251 g/mol. The molecule has 1 saturated carbocycles. The number of rotatable bonds is 4. The van der Waals surface area contributed by atoms with Gasteiger partial charge in [0, 0.05) is 7.11 Å². The van der Waals surface area contributed by atoms with Gasteiger partial charge in [-0.15, -0.1) is 0 Å².